The molecule has 7 rings (SSSR count). The van der Waals surface area contributed by atoms with Crippen LogP contribution in [-0.4, -0.2) is 108 Å². The first-order valence-electron chi connectivity index (χ1n) is 24.0. The van der Waals surface area contributed by atoms with E-state index in [0.29, 0.717) is 52.5 Å². The van der Waals surface area contributed by atoms with Crippen LogP contribution in [-0.2, 0) is 30.5 Å². The number of benzene rings is 4. The Labute approximate surface area is 441 Å². The molecule has 19 nitrogen and oxygen atoms in total. The van der Waals surface area contributed by atoms with Crippen LogP contribution in [0.3, 0.4) is 0 Å². The third-order valence-corrected chi connectivity index (χ3v) is 12.8. The number of carboxylic acids is 3. The van der Waals surface area contributed by atoms with E-state index in [0.717, 1.165) is 28.8 Å². The molecule has 0 saturated carbocycles. The lowest BCUT2D eigenvalue weighted by Crippen LogP contribution is -2.45. The number of carbonyl (C=O) groups is 7. The Kier molecular flexibility index (Phi) is 17.8. The molecule has 6 aromatic rings. The van der Waals surface area contributed by atoms with E-state index in [1.165, 1.54) is 12.3 Å². The molecule has 0 radical (unpaired) electrons. The van der Waals surface area contributed by atoms with Crippen molar-refractivity contribution < 1.29 is 48.9 Å². The fourth-order valence-corrected chi connectivity index (χ4v) is 9.21. The summed E-state index contributed by atoms with van der Waals surface area (Å²) in [7, 11) is 0. The summed E-state index contributed by atoms with van der Waals surface area (Å²) in [6, 6.07) is 25.3. The number of ketones is 1. The van der Waals surface area contributed by atoms with Gasteiger partial charge in [0.05, 0.1) is 22.2 Å². The van der Waals surface area contributed by atoms with Gasteiger partial charge in [-0.05, 0) is 92.1 Å². The van der Waals surface area contributed by atoms with Crippen LogP contribution in [0.15, 0.2) is 103 Å². The molecule has 1 saturated heterocycles. The Bertz CT molecular complexity index is 3100. The highest BCUT2D eigenvalue weighted by Gasteiger charge is 2.34. The molecule has 2 atom stereocenters. The van der Waals surface area contributed by atoms with Gasteiger partial charge in [0.15, 0.2) is 11.6 Å². The first-order valence-corrected chi connectivity index (χ1v) is 24.8. The predicted molar refractivity (Wildman–Crippen MR) is 283 cm³/mol. The second-order valence-corrected chi connectivity index (χ2v) is 19.8. The third kappa shape index (κ3) is 14.4. The van der Waals surface area contributed by atoms with Gasteiger partial charge in [-0.1, -0.05) is 96.0 Å². The highest BCUT2D eigenvalue weighted by molar-refractivity contribution is 6.39. The number of amides is 4. The third-order valence-electron chi connectivity index (χ3n) is 12.2. The number of carboxylic acid groups (broad SMARTS) is 3. The molecule has 1 unspecified atom stereocenters. The maximum absolute atomic E-state index is 14.2. The van der Waals surface area contributed by atoms with Gasteiger partial charge in [0.25, 0.3) is 0 Å². The Morgan fingerprint density at radius 3 is 2.20 bits per heavy atom. The summed E-state index contributed by atoms with van der Waals surface area (Å²) in [5, 5.41) is 45.1. The number of hydrogen-bond acceptors (Lipinski definition) is 12. The van der Waals surface area contributed by atoms with Crippen molar-refractivity contribution in [2.45, 2.75) is 83.0 Å². The van der Waals surface area contributed by atoms with Crippen molar-refractivity contribution in [1.29, 1.82) is 0 Å². The van der Waals surface area contributed by atoms with Crippen molar-refractivity contribution in [1.82, 2.24) is 35.8 Å². The van der Waals surface area contributed by atoms with Gasteiger partial charge in [0.2, 0.25) is 17.8 Å². The number of Topliss-reactive ketones (excluding diaryl/α,β-unsaturated/α-hetero) is 1. The summed E-state index contributed by atoms with van der Waals surface area (Å²) in [5.41, 5.74) is 2.42. The minimum atomic E-state index is -2.22. The summed E-state index contributed by atoms with van der Waals surface area (Å²) in [5.74, 6) is -8.33. The number of urea groups is 1. The number of aromatic carboxylic acids is 1. The largest absolute Gasteiger partial charge is 0.480 e. The second-order valence-electron chi connectivity index (χ2n) is 19.0. The lowest BCUT2D eigenvalue weighted by molar-refractivity contribution is -0.150. The van der Waals surface area contributed by atoms with E-state index in [-0.39, 0.29) is 67.0 Å². The van der Waals surface area contributed by atoms with Crippen LogP contribution in [0.5, 0.6) is 0 Å². The number of aliphatic carboxylic acids is 2. The first kappa shape index (κ1) is 54.8. The van der Waals surface area contributed by atoms with Crippen LogP contribution in [0.25, 0.3) is 33.3 Å². The molecule has 0 spiro atoms. The molecule has 390 valence electrons. The van der Waals surface area contributed by atoms with Crippen molar-refractivity contribution in [3.8, 4) is 22.3 Å². The van der Waals surface area contributed by atoms with Crippen molar-refractivity contribution in [2.75, 3.05) is 30.3 Å². The van der Waals surface area contributed by atoms with Gasteiger partial charge in [-0.3, -0.25) is 34.6 Å². The number of aromatic nitrogens is 3. The van der Waals surface area contributed by atoms with Gasteiger partial charge in [0.1, 0.15) is 17.6 Å². The molecule has 8 N–H and O–H groups in total. The topological polar surface area (TPSA) is 282 Å². The van der Waals surface area contributed by atoms with Crippen LogP contribution in [0.2, 0.25) is 10.0 Å². The van der Waals surface area contributed by atoms with E-state index in [1.807, 2.05) is 75.4 Å². The smallest absolute Gasteiger partial charge is 0.336 e. The second kappa shape index (κ2) is 24.4. The molecule has 2 aromatic heterocycles. The molecule has 0 aliphatic carbocycles. The van der Waals surface area contributed by atoms with E-state index >= 15 is 0 Å². The zero-order valence-corrected chi connectivity index (χ0v) is 42.7. The van der Waals surface area contributed by atoms with Crippen LogP contribution in [0, 0.1) is 0 Å². The number of pyridine rings is 1. The van der Waals surface area contributed by atoms with Crippen LogP contribution >= 0.6 is 23.2 Å². The lowest BCUT2D eigenvalue weighted by Gasteiger charge is -2.24. The van der Waals surface area contributed by atoms with Gasteiger partial charge in [-0.2, -0.15) is 4.98 Å². The monoisotopic (exact) mass is 1060 g/mol. The zero-order chi connectivity index (χ0) is 54.0. The minimum absolute atomic E-state index is 0.000752. The van der Waals surface area contributed by atoms with E-state index in [2.05, 4.69) is 41.5 Å². The number of fused-ring (bicyclic) bond motifs is 1. The first-order chi connectivity index (χ1) is 35.7. The number of carbonyl (C=O) groups excluding carboxylic acids is 4. The van der Waals surface area contributed by atoms with E-state index in [1.54, 1.807) is 29.2 Å². The summed E-state index contributed by atoms with van der Waals surface area (Å²) in [4.78, 5) is 106. The summed E-state index contributed by atoms with van der Waals surface area (Å²) >= 11 is 13.1. The molecule has 4 amide bonds. The number of likely N-dealkylation sites (tertiary alicyclic amines) is 1. The molecule has 4 aromatic carbocycles. The fourth-order valence-electron chi connectivity index (χ4n) is 8.61. The SMILES string of the molecule is CC(C)(C)NC(=O)Nc1nc2nc(NCCCC(=O)CN[C@H](C(=O)NC3CCCN(Cc4ccc(-c5ccccc5)cc4)C(=O)C3)c3ccc(C(C(=O)O)C(=O)O)c(C(=O)O)c3)ncc2cc1-c1c(Cl)cccc1Cl. The maximum atomic E-state index is 14.2. The van der Waals surface area contributed by atoms with Gasteiger partial charge >= 0.3 is 23.9 Å². The molecule has 75 heavy (non-hydrogen) atoms. The highest BCUT2D eigenvalue weighted by atomic mass is 35.5. The lowest BCUT2D eigenvalue weighted by atomic mass is 9.90. The number of hydrogen-bond donors (Lipinski definition) is 8. The standard InChI is InChI=1S/C54H55Cl2N9O10/c1-54(2,3)64-53(75)63-47-39(43-40(55)14-7-15-41(43)56)25-34-27-59-52(62-46(34)61-47)57-22-8-13-36(66)28-58-45(33-20-21-37(38(24-33)49(69)70)44(50(71)72)51(73)74)48(68)60-35-12-9-23-65(42(67)26-35)29-30-16-18-32(19-17-30)31-10-5-4-6-11-31/h4-7,10-11,14-21,24-25,27,35,44-45,58H,8-9,12-13,22-23,26,28-29H2,1-3H3,(H,60,68)(H,69,70)(H,71,72)(H,73,74)(H3,57,59,61,62,63,64,75)/t35?,45-/m0/s1. The molecule has 1 aliphatic heterocycles. The van der Waals surface area contributed by atoms with E-state index in [4.69, 9.17) is 23.2 Å². The number of anilines is 2. The summed E-state index contributed by atoms with van der Waals surface area (Å²) in [6.45, 7) is 6.13. The van der Waals surface area contributed by atoms with Crippen LogP contribution < -0.4 is 26.6 Å². The van der Waals surface area contributed by atoms with Crippen molar-refractivity contribution in [2.24, 2.45) is 0 Å². The molecule has 0 bridgehead atoms. The van der Waals surface area contributed by atoms with Gasteiger partial charge in [0, 0.05) is 66.8 Å². The van der Waals surface area contributed by atoms with Crippen molar-refractivity contribution in [3.05, 3.63) is 136 Å². The Hall–Kier alpha value is -8.00. The highest BCUT2D eigenvalue weighted by Crippen LogP contribution is 2.39. The minimum Gasteiger partial charge on any atom is -0.480 e. The summed E-state index contributed by atoms with van der Waals surface area (Å²) < 4.78 is 0. The number of nitrogens with zero attached hydrogens (tertiary/aromatic N) is 4. The molecular formula is C54H55Cl2N9O10. The maximum Gasteiger partial charge on any atom is 0.336 e. The molecule has 21 heteroatoms. The number of nitrogens with one attached hydrogen (secondary N) is 5. The number of rotatable bonds is 20. The average Bonchev–Trinajstić information content (AvgIpc) is 3.52. The van der Waals surface area contributed by atoms with Gasteiger partial charge < -0.3 is 36.2 Å². The zero-order valence-electron chi connectivity index (χ0n) is 41.2. The van der Waals surface area contributed by atoms with Crippen molar-refractivity contribution >= 4 is 87.5 Å². The van der Waals surface area contributed by atoms with E-state index < -0.39 is 64.5 Å². The molecule has 1 fully saturated rings. The molecular weight excluding hydrogens is 1010 g/mol. The van der Waals surface area contributed by atoms with Crippen LogP contribution in [0.1, 0.15) is 91.9 Å². The molecule has 3 heterocycles. The normalized spacial score (nSPS) is 14.2. The van der Waals surface area contributed by atoms with Crippen molar-refractivity contribution in [3.63, 3.8) is 0 Å². The van der Waals surface area contributed by atoms with E-state index in [9.17, 15) is 48.9 Å². The Balaban J connectivity index is 1.02. The summed E-state index contributed by atoms with van der Waals surface area (Å²) in [6.07, 6.45) is 2.76. The molecule has 1 aliphatic rings. The predicted octanol–water partition coefficient (Wildman–Crippen LogP) is 8.33. The average molecular weight is 1060 g/mol. The number of halogens is 2. The van der Waals surface area contributed by atoms with Crippen LogP contribution in [0.4, 0.5) is 16.6 Å². The quantitative estimate of drug-likeness (QED) is 0.0263. The Morgan fingerprint density at radius 1 is 0.840 bits per heavy atom. The van der Waals surface area contributed by atoms with Gasteiger partial charge in [-0.25, -0.2) is 19.6 Å². The Morgan fingerprint density at radius 2 is 1.53 bits per heavy atom. The van der Waals surface area contributed by atoms with Gasteiger partial charge in [-0.15, -0.1) is 0 Å². The fraction of sp³-hybridized carbons (Fsp3) is 0.296.